The normalized spacial score (nSPS) is 15.9. The van der Waals surface area contributed by atoms with Gasteiger partial charge in [0, 0.05) is 20.1 Å². The molecule has 1 aliphatic rings. The van der Waals surface area contributed by atoms with Gasteiger partial charge in [-0.3, -0.25) is 10.2 Å². The van der Waals surface area contributed by atoms with E-state index in [1.807, 2.05) is 11.8 Å². The average molecular weight is 295 g/mol. The van der Waals surface area contributed by atoms with Gasteiger partial charge in [0.05, 0.1) is 13.2 Å². The van der Waals surface area contributed by atoms with Gasteiger partial charge in [0.2, 0.25) is 17.8 Å². The quantitative estimate of drug-likeness (QED) is 0.558. The van der Waals surface area contributed by atoms with E-state index in [-0.39, 0.29) is 24.4 Å². The van der Waals surface area contributed by atoms with Crippen LogP contribution in [0, 0.1) is 0 Å². The van der Waals surface area contributed by atoms with E-state index < -0.39 is 0 Å². The van der Waals surface area contributed by atoms with Crippen LogP contribution < -0.4 is 20.9 Å². The summed E-state index contributed by atoms with van der Waals surface area (Å²) >= 11 is 0. The zero-order valence-corrected chi connectivity index (χ0v) is 12.4. The molecule has 116 valence electrons. The lowest BCUT2D eigenvalue weighted by atomic mass is 10.4. The van der Waals surface area contributed by atoms with E-state index in [9.17, 15) is 4.79 Å². The lowest BCUT2D eigenvalue weighted by Crippen LogP contribution is -2.35. The molecular formula is C12H21N7O2. The smallest absolute Gasteiger partial charge is 0.323 e. The Kier molecular flexibility index (Phi) is 5.09. The van der Waals surface area contributed by atoms with Crippen LogP contribution in [0.15, 0.2) is 0 Å². The van der Waals surface area contributed by atoms with Crippen LogP contribution in [0.1, 0.15) is 19.8 Å². The summed E-state index contributed by atoms with van der Waals surface area (Å²) in [5.41, 5.74) is 2.39. The van der Waals surface area contributed by atoms with E-state index in [1.54, 1.807) is 11.9 Å². The molecule has 1 amide bonds. The number of carbonyl (C=O) groups excluding carboxylic acids is 1. The Balaban J connectivity index is 2.22. The zero-order chi connectivity index (χ0) is 15.2. The maximum atomic E-state index is 12.0. The van der Waals surface area contributed by atoms with Gasteiger partial charge in [0.25, 0.3) is 0 Å². The minimum absolute atomic E-state index is 0.0335. The fraction of sp³-hybridized carbons (Fsp3) is 0.667. The van der Waals surface area contributed by atoms with Crippen molar-refractivity contribution in [3.63, 3.8) is 0 Å². The van der Waals surface area contributed by atoms with Crippen molar-refractivity contribution in [2.24, 2.45) is 5.84 Å². The van der Waals surface area contributed by atoms with Crippen LogP contribution in [0.4, 0.5) is 11.9 Å². The number of amides is 1. The molecule has 0 aromatic carbocycles. The first-order chi connectivity index (χ1) is 10.1. The van der Waals surface area contributed by atoms with Gasteiger partial charge in [-0.25, -0.2) is 5.84 Å². The fourth-order valence-electron chi connectivity index (χ4n) is 1.97. The monoisotopic (exact) mass is 295 g/mol. The van der Waals surface area contributed by atoms with Gasteiger partial charge in [0.1, 0.15) is 0 Å². The maximum Gasteiger partial charge on any atom is 0.323 e. The molecule has 9 nitrogen and oxygen atoms in total. The van der Waals surface area contributed by atoms with Gasteiger partial charge >= 0.3 is 6.01 Å². The highest BCUT2D eigenvalue weighted by molar-refractivity contribution is 5.81. The van der Waals surface area contributed by atoms with Crippen LogP contribution >= 0.6 is 0 Å². The topological polar surface area (TPSA) is 109 Å². The molecule has 0 radical (unpaired) electrons. The predicted octanol–water partition coefficient (Wildman–Crippen LogP) is -0.385. The summed E-state index contributed by atoms with van der Waals surface area (Å²) in [6.07, 6.45) is 1.70. The highest BCUT2D eigenvalue weighted by Crippen LogP contribution is 2.16. The number of anilines is 2. The number of ether oxygens (including phenoxy) is 1. The van der Waals surface area contributed by atoms with Gasteiger partial charge in [0.15, 0.2) is 0 Å². The molecule has 0 atom stereocenters. The number of hydrogen-bond acceptors (Lipinski definition) is 8. The van der Waals surface area contributed by atoms with Crippen LogP contribution in [0.25, 0.3) is 0 Å². The number of likely N-dealkylation sites (N-methyl/N-ethyl adjacent to an activating group) is 1. The van der Waals surface area contributed by atoms with Gasteiger partial charge in [-0.2, -0.15) is 15.0 Å². The molecule has 1 aromatic rings. The Morgan fingerprint density at radius 1 is 1.33 bits per heavy atom. The third-order valence-electron chi connectivity index (χ3n) is 3.12. The fourth-order valence-corrected chi connectivity index (χ4v) is 1.97. The molecule has 2 heterocycles. The first-order valence-corrected chi connectivity index (χ1v) is 6.98. The number of nitrogen functional groups attached to an aromatic ring is 1. The summed E-state index contributed by atoms with van der Waals surface area (Å²) in [6, 6.07) is 0.208. The Morgan fingerprint density at radius 2 is 2.14 bits per heavy atom. The summed E-state index contributed by atoms with van der Waals surface area (Å²) in [7, 11) is 1.79. The molecule has 0 saturated carbocycles. The Hall–Kier alpha value is -2.16. The van der Waals surface area contributed by atoms with E-state index in [0.717, 1.165) is 19.4 Å². The highest BCUT2D eigenvalue weighted by Gasteiger charge is 2.22. The first-order valence-electron chi connectivity index (χ1n) is 6.98. The van der Waals surface area contributed by atoms with Crippen LogP contribution in [-0.4, -0.2) is 59.0 Å². The second kappa shape index (κ2) is 7.02. The number of rotatable bonds is 5. The summed E-state index contributed by atoms with van der Waals surface area (Å²) in [5, 5.41) is 0. The number of nitrogens with two attached hydrogens (primary N) is 1. The molecule has 2 rings (SSSR count). The van der Waals surface area contributed by atoms with Gasteiger partial charge in [-0.1, -0.05) is 6.92 Å². The predicted molar refractivity (Wildman–Crippen MR) is 77.9 cm³/mol. The van der Waals surface area contributed by atoms with Crippen molar-refractivity contribution in [1.29, 1.82) is 0 Å². The number of carbonyl (C=O) groups is 1. The second-order valence-corrected chi connectivity index (χ2v) is 4.82. The van der Waals surface area contributed by atoms with Crippen molar-refractivity contribution < 1.29 is 9.53 Å². The van der Waals surface area contributed by atoms with Crippen LogP contribution in [0.3, 0.4) is 0 Å². The number of aromatic nitrogens is 3. The molecule has 3 N–H and O–H groups in total. The van der Waals surface area contributed by atoms with Crippen LogP contribution in [0.5, 0.6) is 6.01 Å². The van der Waals surface area contributed by atoms with Gasteiger partial charge in [-0.05, 0) is 12.8 Å². The lowest BCUT2D eigenvalue weighted by molar-refractivity contribution is -0.127. The van der Waals surface area contributed by atoms with Crippen molar-refractivity contribution in [3.05, 3.63) is 0 Å². The molecule has 9 heteroatoms. The molecule has 21 heavy (non-hydrogen) atoms. The lowest BCUT2D eigenvalue weighted by Gasteiger charge is -2.20. The van der Waals surface area contributed by atoms with Crippen molar-refractivity contribution in [3.8, 4) is 6.01 Å². The van der Waals surface area contributed by atoms with E-state index in [4.69, 9.17) is 10.6 Å². The van der Waals surface area contributed by atoms with Gasteiger partial charge < -0.3 is 14.5 Å². The van der Waals surface area contributed by atoms with Crippen molar-refractivity contribution in [2.75, 3.05) is 43.6 Å². The third-order valence-corrected chi connectivity index (χ3v) is 3.12. The molecule has 0 unspecified atom stereocenters. The van der Waals surface area contributed by atoms with E-state index in [1.165, 1.54) is 0 Å². The largest absolute Gasteiger partial charge is 0.463 e. The van der Waals surface area contributed by atoms with Crippen molar-refractivity contribution >= 4 is 17.8 Å². The van der Waals surface area contributed by atoms with Crippen molar-refractivity contribution in [2.45, 2.75) is 19.8 Å². The van der Waals surface area contributed by atoms with Crippen LogP contribution in [0.2, 0.25) is 0 Å². The minimum Gasteiger partial charge on any atom is -0.463 e. The van der Waals surface area contributed by atoms with E-state index >= 15 is 0 Å². The number of nitrogens with zero attached hydrogens (tertiary/aromatic N) is 5. The number of hydrazine groups is 1. The maximum absolute atomic E-state index is 12.0. The average Bonchev–Trinajstić information content (AvgIpc) is 2.67. The highest BCUT2D eigenvalue weighted by atomic mass is 16.5. The molecule has 1 aliphatic heterocycles. The SMILES string of the molecule is CCCOc1nc(NN)nc(N2CCCN(C)C(=O)C2)n1. The molecule has 0 spiro atoms. The minimum atomic E-state index is 0.0335. The van der Waals surface area contributed by atoms with E-state index in [0.29, 0.717) is 19.1 Å². The molecule has 0 bridgehead atoms. The Morgan fingerprint density at radius 3 is 2.86 bits per heavy atom. The third kappa shape index (κ3) is 3.91. The summed E-state index contributed by atoms with van der Waals surface area (Å²) in [5.74, 6) is 6.02. The second-order valence-electron chi connectivity index (χ2n) is 4.82. The summed E-state index contributed by atoms with van der Waals surface area (Å²) < 4.78 is 5.43. The summed E-state index contributed by atoms with van der Waals surface area (Å²) in [6.45, 7) is 4.15. The van der Waals surface area contributed by atoms with E-state index in [2.05, 4.69) is 20.4 Å². The van der Waals surface area contributed by atoms with Gasteiger partial charge in [-0.15, -0.1) is 0 Å². The standard InChI is InChI=1S/C12H21N7O2/c1-3-7-21-12-15-10(17-13)14-11(16-12)19-6-4-5-18(2)9(20)8-19/h3-8,13H2,1-2H3,(H,14,15,16,17). The number of hydrogen-bond donors (Lipinski definition) is 2. The van der Waals surface area contributed by atoms with Crippen LogP contribution in [-0.2, 0) is 4.79 Å². The first kappa shape index (κ1) is 15.2. The zero-order valence-electron chi connectivity index (χ0n) is 12.4. The Labute approximate surface area is 123 Å². The number of nitrogens with one attached hydrogen (secondary N) is 1. The molecule has 1 fully saturated rings. The molecule has 1 saturated heterocycles. The molecule has 0 aliphatic carbocycles. The van der Waals surface area contributed by atoms with Crippen molar-refractivity contribution in [1.82, 2.24) is 19.9 Å². The molecular weight excluding hydrogens is 274 g/mol. The Bertz CT molecular complexity index is 496. The molecule has 1 aromatic heterocycles. The summed E-state index contributed by atoms with van der Waals surface area (Å²) in [4.78, 5) is 28.0.